The van der Waals surface area contributed by atoms with E-state index in [2.05, 4.69) is 0 Å². The Hall–Kier alpha value is -1.06. The van der Waals surface area contributed by atoms with E-state index in [-0.39, 0.29) is 23.8 Å². The van der Waals surface area contributed by atoms with Gasteiger partial charge in [-0.3, -0.25) is 9.59 Å². The number of hydrogen-bond donors (Lipinski definition) is 0. The minimum absolute atomic E-state index is 0.162. The lowest BCUT2D eigenvalue weighted by Gasteiger charge is -2.17. The van der Waals surface area contributed by atoms with E-state index in [9.17, 15) is 9.59 Å². The van der Waals surface area contributed by atoms with Crippen molar-refractivity contribution in [2.75, 3.05) is 0 Å². The third kappa shape index (κ3) is 5.40. The van der Waals surface area contributed by atoms with Crippen molar-refractivity contribution < 1.29 is 19.1 Å². The van der Waals surface area contributed by atoms with Gasteiger partial charge in [0.15, 0.2) is 0 Å². The second-order valence-corrected chi connectivity index (χ2v) is 3.91. The average molecular weight is 216 g/mol. The van der Waals surface area contributed by atoms with Gasteiger partial charge in [0, 0.05) is 6.92 Å². The van der Waals surface area contributed by atoms with E-state index < -0.39 is 6.29 Å². The lowest BCUT2D eigenvalue weighted by molar-refractivity contribution is -0.189. The van der Waals surface area contributed by atoms with Crippen LogP contribution in [-0.2, 0) is 19.1 Å². The van der Waals surface area contributed by atoms with Crippen LogP contribution < -0.4 is 0 Å². The molecule has 0 radical (unpaired) electrons. The molecule has 0 saturated heterocycles. The first kappa shape index (κ1) is 13.9. The number of esters is 2. The van der Waals surface area contributed by atoms with Crippen LogP contribution >= 0.6 is 0 Å². The van der Waals surface area contributed by atoms with Gasteiger partial charge < -0.3 is 9.47 Å². The summed E-state index contributed by atoms with van der Waals surface area (Å²) in [6, 6.07) is 0. The molecule has 0 aliphatic rings. The molecule has 0 bridgehead atoms. The zero-order valence-electron chi connectivity index (χ0n) is 10.1. The van der Waals surface area contributed by atoms with Crippen LogP contribution in [0.1, 0.15) is 41.0 Å². The smallest absolute Gasteiger partial charge is 0.311 e. The predicted octanol–water partition coefficient (Wildman–Crippen LogP) is 2.12. The summed E-state index contributed by atoms with van der Waals surface area (Å²) in [6.07, 6.45) is -0.0923. The van der Waals surface area contributed by atoms with Gasteiger partial charge in [0.2, 0.25) is 6.29 Å². The minimum atomic E-state index is -0.804. The molecule has 15 heavy (non-hydrogen) atoms. The Balaban J connectivity index is 3.98. The first-order valence-electron chi connectivity index (χ1n) is 5.29. The third-order valence-corrected chi connectivity index (χ3v) is 2.05. The van der Waals surface area contributed by atoms with Gasteiger partial charge in [-0.2, -0.15) is 0 Å². The predicted molar refractivity (Wildman–Crippen MR) is 55.9 cm³/mol. The highest BCUT2D eigenvalue weighted by Crippen LogP contribution is 2.08. The highest BCUT2D eigenvalue weighted by molar-refractivity contribution is 5.73. The van der Waals surface area contributed by atoms with Crippen LogP contribution in [0, 0.1) is 11.8 Å². The number of hydrogen-bond acceptors (Lipinski definition) is 4. The Labute approximate surface area is 90.9 Å². The van der Waals surface area contributed by atoms with Gasteiger partial charge >= 0.3 is 11.9 Å². The Morgan fingerprint density at radius 1 is 1.00 bits per heavy atom. The summed E-state index contributed by atoms with van der Waals surface area (Å²) >= 11 is 0. The molecule has 0 aliphatic heterocycles. The average Bonchev–Trinajstić information content (AvgIpc) is 2.15. The summed E-state index contributed by atoms with van der Waals surface area (Å²) in [5.41, 5.74) is 0. The van der Waals surface area contributed by atoms with E-state index in [0.717, 1.165) is 0 Å². The summed E-state index contributed by atoms with van der Waals surface area (Å²) in [4.78, 5) is 22.5. The standard InChI is InChI=1S/C11H20O4/c1-6-8(4)11(13)15-9(5)14-10(12)7(2)3/h7-9H,6H2,1-5H3. The minimum Gasteiger partial charge on any atom is -0.425 e. The number of ether oxygens (including phenoxy) is 2. The van der Waals surface area contributed by atoms with Crippen molar-refractivity contribution in [1.29, 1.82) is 0 Å². The summed E-state index contributed by atoms with van der Waals surface area (Å²) in [5.74, 6) is -1.07. The van der Waals surface area contributed by atoms with Gasteiger partial charge in [-0.25, -0.2) is 0 Å². The molecular formula is C11H20O4. The summed E-state index contributed by atoms with van der Waals surface area (Å²) in [6.45, 7) is 8.67. The molecule has 2 unspecified atom stereocenters. The van der Waals surface area contributed by atoms with E-state index in [1.165, 1.54) is 0 Å². The molecule has 0 spiro atoms. The largest absolute Gasteiger partial charge is 0.425 e. The lowest BCUT2D eigenvalue weighted by atomic mass is 10.1. The number of rotatable bonds is 5. The van der Waals surface area contributed by atoms with Crippen molar-refractivity contribution in [3.8, 4) is 0 Å². The molecule has 4 heteroatoms. The van der Waals surface area contributed by atoms with Crippen LogP contribution in [0.25, 0.3) is 0 Å². The highest BCUT2D eigenvalue weighted by Gasteiger charge is 2.19. The van der Waals surface area contributed by atoms with E-state index in [1.54, 1.807) is 27.7 Å². The van der Waals surface area contributed by atoms with E-state index in [0.29, 0.717) is 6.42 Å². The van der Waals surface area contributed by atoms with E-state index in [1.807, 2.05) is 6.92 Å². The first-order chi connectivity index (χ1) is 6.88. The molecule has 0 N–H and O–H groups in total. The maximum absolute atomic E-state index is 11.3. The van der Waals surface area contributed by atoms with E-state index >= 15 is 0 Å². The van der Waals surface area contributed by atoms with Gasteiger partial charge in [-0.05, 0) is 6.42 Å². The molecule has 0 amide bonds. The Morgan fingerprint density at radius 3 is 1.87 bits per heavy atom. The Morgan fingerprint density at radius 2 is 1.47 bits per heavy atom. The van der Waals surface area contributed by atoms with Crippen LogP contribution in [0.3, 0.4) is 0 Å². The van der Waals surface area contributed by atoms with E-state index in [4.69, 9.17) is 9.47 Å². The molecule has 0 heterocycles. The molecule has 0 saturated carbocycles. The van der Waals surface area contributed by atoms with Crippen LogP contribution in [0.5, 0.6) is 0 Å². The molecule has 4 nitrogen and oxygen atoms in total. The fraction of sp³-hybridized carbons (Fsp3) is 0.818. The molecule has 0 rings (SSSR count). The van der Waals surface area contributed by atoms with Crippen molar-refractivity contribution in [2.24, 2.45) is 11.8 Å². The quantitative estimate of drug-likeness (QED) is 0.521. The fourth-order valence-corrected chi connectivity index (χ4v) is 0.770. The Kier molecular flexibility index (Phi) is 5.97. The van der Waals surface area contributed by atoms with Crippen LogP contribution in [-0.4, -0.2) is 18.2 Å². The number of carbonyl (C=O) groups is 2. The zero-order chi connectivity index (χ0) is 12.0. The lowest BCUT2D eigenvalue weighted by Crippen LogP contribution is -2.26. The molecule has 0 aromatic rings. The molecule has 88 valence electrons. The maximum Gasteiger partial charge on any atom is 0.311 e. The molecule has 2 atom stereocenters. The van der Waals surface area contributed by atoms with Crippen molar-refractivity contribution in [3.63, 3.8) is 0 Å². The maximum atomic E-state index is 11.3. The second-order valence-electron chi connectivity index (χ2n) is 3.91. The molecule has 0 aromatic carbocycles. The summed E-state index contributed by atoms with van der Waals surface area (Å²) in [7, 11) is 0. The van der Waals surface area contributed by atoms with Gasteiger partial charge in [0.1, 0.15) is 0 Å². The van der Waals surface area contributed by atoms with Gasteiger partial charge in [0.05, 0.1) is 11.8 Å². The zero-order valence-corrected chi connectivity index (χ0v) is 10.1. The third-order valence-electron chi connectivity index (χ3n) is 2.05. The second kappa shape index (κ2) is 6.43. The van der Waals surface area contributed by atoms with Crippen LogP contribution in [0.4, 0.5) is 0 Å². The van der Waals surface area contributed by atoms with Crippen molar-refractivity contribution in [2.45, 2.75) is 47.3 Å². The molecule has 0 aromatic heterocycles. The highest BCUT2D eigenvalue weighted by atomic mass is 16.7. The van der Waals surface area contributed by atoms with Gasteiger partial charge in [-0.1, -0.05) is 27.7 Å². The first-order valence-corrected chi connectivity index (χ1v) is 5.29. The van der Waals surface area contributed by atoms with Gasteiger partial charge in [-0.15, -0.1) is 0 Å². The van der Waals surface area contributed by atoms with Crippen LogP contribution in [0.15, 0.2) is 0 Å². The van der Waals surface area contributed by atoms with Gasteiger partial charge in [0.25, 0.3) is 0 Å². The monoisotopic (exact) mass is 216 g/mol. The fourth-order valence-electron chi connectivity index (χ4n) is 0.770. The van der Waals surface area contributed by atoms with Crippen molar-refractivity contribution >= 4 is 11.9 Å². The van der Waals surface area contributed by atoms with Crippen molar-refractivity contribution in [1.82, 2.24) is 0 Å². The SMILES string of the molecule is CCC(C)C(=O)OC(C)OC(=O)C(C)C. The summed E-state index contributed by atoms with van der Waals surface area (Å²) in [5, 5.41) is 0. The molecular weight excluding hydrogens is 196 g/mol. The van der Waals surface area contributed by atoms with Crippen LogP contribution in [0.2, 0.25) is 0 Å². The Bertz CT molecular complexity index is 223. The molecule has 0 fully saturated rings. The summed E-state index contributed by atoms with van der Waals surface area (Å²) < 4.78 is 9.84. The number of carbonyl (C=O) groups excluding carboxylic acids is 2. The topological polar surface area (TPSA) is 52.6 Å². The van der Waals surface area contributed by atoms with Crippen molar-refractivity contribution in [3.05, 3.63) is 0 Å². The molecule has 0 aliphatic carbocycles. The normalized spacial score (nSPS) is 14.5.